The molecule has 0 aliphatic carbocycles. The molecule has 1 aromatic carbocycles. The Bertz CT molecular complexity index is 353. The van der Waals surface area contributed by atoms with Gasteiger partial charge in [0.2, 0.25) is 0 Å². The van der Waals surface area contributed by atoms with Gasteiger partial charge in [-0.1, -0.05) is 6.92 Å². The van der Waals surface area contributed by atoms with Gasteiger partial charge in [-0.05, 0) is 47.0 Å². The van der Waals surface area contributed by atoms with Gasteiger partial charge in [-0.15, -0.1) is 0 Å². The molecule has 4 N–H and O–H groups in total. The molecule has 0 saturated heterocycles. The van der Waals surface area contributed by atoms with Crippen molar-refractivity contribution in [3.8, 4) is 5.75 Å². The van der Waals surface area contributed by atoms with Crippen LogP contribution in [0.5, 0.6) is 5.75 Å². The zero-order valence-corrected chi connectivity index (χ0v) is 10.5. The number of aryl methyl sites for hydroxylation is 1. The Morgan fingerprint density at radius 2 is 2.07 bits per heavy atom. The number of benzene rings is 1. The van der Waals surface area contributed by atoms with Crippen LogP contribution in [0, 0.1) is 0 Å². The van der Waals surface area contributed by atoms with Crippen LogP contribution in [0.2, 0.25) is 0 Å². The summed E-state index contributed by atoms with van der Waals surface area (Å²) in [5.41, 5.74) is 7.13. The van der Waals surface area contributed by atoms with Crippen molar-refractivity contribution in [2.75, 3.05) is 0 Å². The molecule has 0 bridgehead atoms. The maximum Gasteiger partial charge on any atom is 0.135 e. The van der Waals surface area contributed by atoms with E-state index in [-0.39, 0.29) is 5.75 Å². The maximum atomic E-state index is 9.82. The normalized spacial score (nSPS) is 15.0. The molecule has 0 amide bonds. The van der Waals surface area contributed by atoms with Crippen LogP contribution in [0.15, 0.2) is 16.6 Å². The lowest BCUT2D eigenvalue weighted by Gasteiger charge is -2.18. The number of nitrogens with two attached hydrogens (primary N) is 1. The topological polar surface area (TPSA) is 66.5 Å². The minimum Gasteiger partial charge on any atom is -0.506 e. The molecular formula is C11H16BrNO2. The predicted octanol–water partition coefficient (Wildman–Crippen LogP) is 2.10. The largest absolute Gasteiger partial charge is 0.506 e. The van der Waals surface area contributed by atoms with E-state index in [2.05, 4.69) is 15.9 Å². The summed E-state index contributed by atoms with van der Waals surface area (Å²) in [6, 6.07) is 3.22. The molecule has 1 rings (SSSR count). The highest BCUT2D eigenvalue weighted by Crippen LogP contribution is 2.34. The Morgan fingerprint density at radius 3 is 2.53 bits per heavy atom. The molecule has 15 heavy (non-hydrogen) atoms. The molecule has 2 unspecified atom stereocenters. The van der Waals surface area contributed by atoms with Crippen molar-refractivity contribution in [2.45, 2.75) is 32.4 Å². The van der Waals surface area contributed by atoms with Gasteiger partial charge >= 0.3 is 0 Å². The molecule has 4 heteroatoms. The number of rotatable bonds is 3. The number of aliphatic hydroxyl groups is 1. The first kappa shape index (κ1) is 12.5. The SMILES string of the molecule is CCc1cc(Br)c(O)c(C(O)C(C)N)c1. The maximum absolute atomic E-state index is 9.82. The Labute approximate surface area is 98.1 Å². The first-order valence-electron chi connectivity index (χ1n) is 4.92. The Kier molecular flexibility index (Phi) is 4.13. The van der Waals surface area contributed by atoms with Crippen LogP contribution in [0.4, 0.5) is 0 Å². The number of hydrogen-bond acceptors (Lipinski definition) is 3. The molecule has 2 atom stereocenters. The van der Waals surface area contributed by atoms with E-state index in [0.29, 0.717) is 10.0 Å². The zero-order valence-electron chi connectivity index (χ0n) is 8.87. The second-order valence-corrected chi connectivity index (χ2v) is 4.53. The van der Waals surface area contributed by atoms with Gasteiger partial charge in [0.15, 0.2) is 0 Å². The number of phenolic OH excluding ortho intramolecular Hbond substituents is 1. The quantitative estimate of drug-likeness (QED) is 0.790. The third-order valence-corrected chi connectivity index (χ3v) is 2.98. The number of aromatic hydroxyl groups is 1. The summed E-state index contributed by atoms with van der Waals surface area (Å²) < 4.78 is 0.594. The molecule has 0 radical (unpaired) electrons. The van der Waals surface area contributed by atoms with E-state index in [1.807, 2.05) is 13.0 Å². The van der Waals surface area contributed by atoms with Crippen molar-refractivity contribution in [3.63, 3.8) is 0 Å². The first-order chi connectivity index (χ1) is 6.97. The molecule has 0 spiro atoms. The third-order valence-electron chi connectivity index (χ3n) is 2.38. The monoisotopic (exact) mass is 273 g/mol. The highest BCUT2D eigenvalue weighted by molar-refractivity contribution is 9.10. The van der Waals surface area contributed by atoms with E-state index in [1.54, 1.807) is 13.0 Å². The molecule has 3 nitrogen and oxygen atoms in total. The third kappa shape index (κ3) is 2.71. The minimum atomic E-state index is -0.840. The van der Waals surface area contributed by atoms with Crippen molar-refractivity contribution < 1.29 is 10.2 Å². The number of phenols is 1. The van der Waals surface area contributed by atoms with Gasteiger partial charge in [0.05, 0.1) is 10.6 Å². The second-order valence-electron chi connectivity index (χ2n) is 3.67. The Morgan fingerprint density at radius 1 is 1.47 bits per heavy atom. The van der Waals surface area contributed by atoms with Crippen LogP contribution in [0.25, 0.3) is 0 Å². The molecule has 0 saturated carbocycles. The molecule has 0 aromatic heterocycles. The molecule has 84 valence electrons. The van der Waals surface area contributed by atoms with Crippen molar-refractivity contribution >= 4 is 15.9 Å². The molecule has 0 aliphatic heterocycles. The molecule has 0 fully saturated rings. The predicted molar refractivity (Wildman–Crippen MR) is 63.8 cm³/mol. The van der Waals surface area contributed by atoms with Crippen LogP contribution >= 0.6 is 15.9 Å². The van der Waals surface area contributed by atoms with Gasteiger partial charge in [-0.3, -0.25) is 0 Å². The van der Waals surface area contributed by atoms with Crippen molar-refractivity contribution in [3.05, 3.63) is 27.7 Å². The fourth-order valence-corrected chi connectivity index (χ4v) is 1.91. The van der Waals surface area contributed by atoms with E-state index < -0.39 is 12.1 Å². The lowest BCUT2D eigenvalue weighted by atomic mass is 10.00. The van der Waals surface area contributed by atoms with E-state index in [0.717, 1.165) is 12.0 Å². The fraction of sp³-hybridized carbons (Fsp3) is 0.455. The summed E-state index contributed by atoms with van der Waals surface area (Å²) in [5, 5.41) is 19.6. The summed E-state index contributed by atoms with van der Waals surface area (Å²) in [6.45, 7) is 3.72. The second kappa shape index (κ2) is 4.96. The summed E-state index contributed by atoms with van der Waals surface area (Å²) in [7, 11) is 0. The minimum absolute atomic E-state index is 0.0667. The van der Waals surface area contributed by atoms with E-state index in [1.165, 1.54) is 0 Å². The van der Waals surface area contributed by atoms with Crippen LogP contribution in [-0.2, 0) is 6.42 Å². The van der Waals surface area contributed by atoms with Crippen LogP contribution < -0.4 is 5.73 Å². The van der Waals surface area contributed by atoms with Gasteiger partial charge in [-0.25, -0.2) is 0 Å². The summed E-state index contributed by atoms with van der Waals surface area (Å²) in [5.74, 6) is 0.0667. The van der Waals surface area contributed by atoms with Gasteiger partial charge in [0.25, 0.3) is 0 Å². The van der Waals surface area contributed by atoms with Gasteiger partial charge < -0.3 is 15.9 Å². The summed E-state index contributed by atoms with van der Waals surface area (Å²) in [4.78, 5) is 0. The van der Waals surface area contributed by atoms with E-state index >= 15 is 0 Å². The Hall–Kier alpha value is -0.580. The van der Waals surface area contributed by atoms with Gasteiger partial charge in [0.1, 0.15) is 5.75 Å². The average Bonchev–Trinajstić information content (AvgIpc) is 2.20. The number of hydrogen-bond donors (Lipinski definition) is 3. The lowest BCUT2D eigenvalue weighted by Crippen LogP contribution is -2.24. The van der Waals surface area contributed by atoms with Crippen molar-refractivity contribution in [1.29, 1.82) is 0 Å². The fourth-order valence-electron chi connectivity index (χ4n) is 1.39. The lowest BCUT2D eigenvalue weighted by molar-refractivity contribution is 0.149. The smallest absolute Gasteiger partial charge is 0.135 e. The number of aliphatic hydroxyl groups excluding tert-OH is 1. The average molecular weight is 274 g/mol. The standard InChI is InChI=1S/C11H16BrNO2/c1-3-7-4-8(10(14)6(2)13)11(15)9(12)5-7/h4-6,10,14-15H,3,13H2,1-2H3. The van der Waals surface area contributed by atoms with Gasteiger partial charge in [0, 0.05) is 11.6 Å². The molecule has 0 aliphatic rings. The highest BCUT2D eigenvalue weighted by Gasteiger charge is 2.18. The first-order valence-corrected chi connectivity index (χ1v) is 5.71. The Balaban J connectivity index is 3.21. The van der Waals surface area contributed by atoms with Crippen LogP contribution in [-0.4, -0.2) is 16.3 Å². The van der Waals surface area contributed by atoms with Crippen LogP contribution in [0.3, 0.4) is 0 Å². The number of halogens is 1. The van der Waals surface area contributed by atoms with E-state index in [4.69, 9.17) is 5.73 Å². The molecule has 0 heterocycles. The van der Waals surface area contributed by atoms with Crippen LogP contribution in [0.1, 0.15) is 31.1 Å². The van der Waals surface area contributed by atoms with Crippen molar-refractivity contribution in [1.82, 2.24) is 0 Å². The summed E-state index contributed by atoms with van der Waals surface area (Å²) >= 11 is 3.25. The molecular weight excluding hydrogens is 258 g/mol. The highest BCUT2D eigenvalue weighted by atomic mass is 79.9. The van der Waals surface area contributed by atoms with E-state index in [9.17, 15) is 10.2 Å². The van der Waals surface area contributed by atoms with Crippen molar-refractivity contribution in [2.24, 2.45) is 5.73 Å². The zero-order chi connectivity index (χ0) is 11.6. The van der Waals surface area contributed by atoms with Gasteiger partial charge in [-0.2, -0.15) is 0 Å². The molecule has 1 aromatic rings. The summed E-state index contributed by atoms with van der Waals surface area (Å²) in [6.07, 6.45) is 0.00479.